The molecule has 3 rings (SSSR count). The average molecular weight is 283 g/mol. The van der Waals surface area contributed by atoms with Crippen LogP contribution in [-0.2, 0) is 4.74 Å². The molecule has 2 saturated heterocycles. The minimum atomic E-state index is 0.276. The van der Waals surface area contributed by atoms with Crippen molar-refractivity contribution in [1.82, 2.24) is 10.2 Å². The summed E-state index contributed by atoms with van der Waals surface area (Å²) in [5.41, 5.74) is 0. The smallest absolute Gasteiger partial charge is 0.156 e. The van der Waals surface area contributed by atoms with Crippen molar-refractivity contribution in [3.8, 4) is 0 Å². The minimum Gasteiger partial charge on any atom is -0.374 e. The molecular formula is C14H25N3OS. The molecule has 3 unspecified atom stereocenters. The SMILES string of the molecule is CN1CCOC(CN=C2NC3CCCCC3CS2)C1. The van der Waals surface area contributed by atoms with Crippen molar-refractivity contribution < 1.29 is 4.74 Å². The number of nitrogens with one attached hydrogen (secondary N) is 1. The van der Waals surface area contributed by atoms with Gasteiger partial charge in [0.05, 0.1) is 19.3 Å². The summed E-state index contributed by atoms with van der Waals surface area (Å²) in [7, 11) is 2.16. The van der Waals surface area contributed by atoms with Gasteiger partial charge in [-0.2, -0.15) is 0 Å². The lowest BCUT2D eigenvalue weighted by atomic mass is 9.86. The molecule has 2 heterocycles. The second-order valence-corrected chi connectivity index (χ2v) is 7.02. The molecule has 1 aliphatic carbocycles. The quantitative estimate of drug-likeness (QED) is 0.834. The molecule has 3 fully saturated rings. The van der Waals surface area contributed by atoms with Crippen LogP contribution >= 0.6 is 11.8 Å². The molecule has 3 aliphatic rings. The highest BCUT2D eigenvalue weighted by atomic mass is 32.2. The van der Waals surface area contributed by atoms with E-state index in [1.54, 1.807) is 0 Å². The third kappa shape index (κ3) is 3.64. The summed E-state index contributed by atoms with van der Waals surface area (Å²) in [6.07, 6.45) is 5.79. The fourth-order valence-electron chi connectivity index (χ4n) is 3.24. The zero-order valence-electron chi connectivity index (χ0n) is 11.8. The number of rotatable bonds is 2. The first-order valence-electron chi connectivity index (χ1n) is 7.55. The van der Waals surface area contributed by atoms with E-state index < -0.39 is 0 Å². The van der Waals surface area contributed by atoms with E-state index in [9.17, 15) is 0 Å². The van der Waals surface area contributed by atoms with Crippen molar-refractivity contribution in [2.24, 2.45) is 10.9 Å². The number of ether oxygens (including phenoxy) is 1. The van der Waals surface area contributed by atoms with Crippen molar-refractivity contribution >= 4 is 16.9 Å². The maximum atomic E-state index is 5.76. The van der Waals surface area contributed by atoms with Gasteiger partial charge in [0.15, 0.2) is 5.17 Å². The van der Waals surface area contributed by atoms with Crippen LogP contribution in [0, 0.1) is 5.92 Å². The van der Waals surface area contributed by atoms with E-state index in [0.29, 0.717) is 6.04 Å². The third-order valence-corrected chi connectivity index (χ3v) is 5.55. The molecule has 3 atom stereocenters. The highest BCUT2D eigenvalue weighted by Gasteiger charge is 2.30. The molecule has 0 radical (unpaired) electrons. The van der Waals surface area contributed by atoms with Gasteiger partial charge in [0.1, 0.15) is 0 Å². The topological polar surface area (TPSA) is 36.9 Å². The monoisotopic (exact) mass is 283 g/mol. The zero-order valence-corrected chi connectivity index (χ0v) is 12.6. The summed E-state index contributed by atoms with van der Waals surface area (Å²) in [5.74, 6) is 2.12. The lowest BCUT2D eigenvalue weighted by Crippen LogP contribution is -2.47. The molecule has 108 valence electrons. The second kappa shape index (κ2) is 6.46. The molecule has 0 spiro atoms. The van der Waals surface area contributed by atoms with Crippen molar-refractivity contribution in [2.45, 2.75) is 37.8 Å². The third-order valence-electron chi connectivity index (χ3n) is 4.43. The number of likely N-dealkylation sites (N-methyl/N-ethyl adjacent to an activating group) is 1. The molecule has 19 heavy (non-hydrogen) atoms. The first kappa shape index (κ1) is 13.7. The van der Waals surface area contributed by atoms with Crippen molar-refractivity contribution in [1.29, 1.82) is 0 Å². The van der Waals surface area contributed by atoms with Gasteiger partial charge in [-0.15, -0.1) is 0 Å². The van der Waals surface area contributed by atoms with Gasteiger partial charge in [-0.25, -0.2) is 0 Å². The van der Waals surface area contributed by atoms with E-state index in [2.05, 4.69) is 17.3 Å². The molecule has 1 N–H and O–H groups in total. The van der Waals surface area contributed by atoms with Crippen molar-refractivity contribution in [2.75, 3.05) is 39.0 Å². The normalized spacial score (nSPS) is 38.8. The van der Waals surface area contributed by atoms with E-state index in [4.69, 9.17) is 9.73 Å². The number of thioether (sulfide) groups is 1. The zero-order chi connectivity index (χ0) is 13.1. The Morgan fingerprint density at radius 3 is 3.21 bits per heavy atom. The highest BCUT2D eigenvalue weighted by Crippen LogP contribution is 2.31. The standard InChI is InChI=1S/C14H25N3OS/c1-17-6-7-18-12(9-17)8-15-14-16-13-5-3-2-4-11(13)10-19-14/h11-13H,2-10H2,1H3,(H,15,16). The largest absolute Gasteiger partial charge is 0.374 e. The summed E-state index contributed by atoms with van der Waals surface area (Å²) in [4.78, 5) is 7.08. The van der Waals surface area contributed by atoms with E-state index in [0.717, 1.165) is 37.3 Å². The number of aliphatic imine (C=N–C) groups is 1. The van der Waals surface area contributed by atoms with Gasteiger partial charge in [0.2, 0.25) is 0 Å². The number of nitrogens with zero attached hydrogens (tertiary/aromatic N) is 2. The number of fused-ring (bicyclic) bond motifs is 1. The van der Waals surface area contributed by atoms with Gasteiger partial charge in [-0.3, -0.25) is 4.99 Å². The number of morpholine rings is 1. The van der Waals surface area contributed by atoms with Crippen LogP contribution in [-0.4, -0.2) is 61.3 Å². The summed E-state index contributed by atoms with van der Waals surface area (Å²) in [5, 5.41) is 4.80. The maximum absolute atomic E-state index is 5.76. The Hall–Kier alpha value is -0.260. The molecule has 0 aromatic carbocycles. The highest BCUT2D eigenvalue weighted by molar-refractivity contribution is 8.13. The van der Waals surface area contributed by atoms with E-state index in [-0.39, 0.29) is 6.10 Å². The average Bonchev–Trinajstić information content (AvgIpc) is 2.45. The summed E-state index contributed by atoms with van der Waals surface area (Å²) in [6, 6.07) is 0.684. The van der Waals surface area contributed by atoms with Gasteiger partial charge in [-0.1, -0.05) is 24.6 Å². The second-order valence-electron chi connectivity index (χ2n) is 6.01. The van der Waals surface area contributed by atoms with Crippen molar-refractivity contribution in [3.63, 3.8) is 0 Å². The van der Waals surface area contributed by atoms with Crippen LogP contribution in [0.2, 0.25) is 0 Å². The van der Waals surface area contributed by atoms with Crippen LogP contribution in [0.15, 0.2) is 4.99 Å². The van der Waals surface area contributed by atoms with Gasteiger partial charge in [0.25, 0.3) is 0 Å². The lowest BCUT2D eigenvalue weighted by Gasteiger charge is -2.37. The predicted octanol–water partition coefficient (Wildman–Crippen LogP) is 1.57. The molecule has 0 aromatic heterocycles. The Morgan fingerprint density at radius 2 is 2.32 bits per heavy atom. The number of hydrogen-bond donors (Lipinski definition) is 1. The van der Waals surface area contributed by atoms with Crippen LogP contribution in [0.3, 0.4) is 0 Å². The molecule has 1 saturated carbocycles. The van der Waals surface area contributed by atoms with E-state index in [1.807, 2.05) is 11.8 Å². The van der Waals surface area contributed by atoms with E-state index in [1.165, 1.54) is 31.4 Å². The molecule has 0 aromatic rings. The Labute approximate surface area is 120 Å². The minimum absolute atomic E-state index is 0.276. The van der Waals surface area contributed by atoms with Crippen LogP contribution in [0.1, 0.15) is 25.7 Å². The molecule has 0 bridgehead atoms. The van der Waals surface area contributed by atoms with Crippen LogP contribution < -0.4 is 5.32 Å². The van der Waals surface area contributed by atoms with Gasteiger partial charge in [0, 0.05) is 24.9 Å². The fourth-order valence-corrected chi connectivity index (χ4v) is 4.41. The Bertz CT molecular complexity index is 337. The first-order valence-corrected chi connectivity index (χ1v) is 8.54. The maximum Gasteiger partial charge on any atom is 0.156 e. The first-order chi connectivity index (χ1) is 9.31. The molecule has 4 nitrogen and oxygen atoms in total. The number of amidine groups is 1. The van der Waals surface area contributed by atoms with Crippen LogP contribution in [0.4, 0.5) is 0 Å². The Balaban J connectivity index is 1.50. The predicted molar refractivity (Wildman–Crippen MR) is 80.9 cm³/mol. The molecule has 0 amide bonds. The van der Waals surface area contributed by atoms with Gasteiger partial charge < -0.3 is 15.0 Å². The Kier molecular flexibility index (Phi) is 4.66. The van der Waals surface area contributed by atoms with Crippen molar-refractivity contribution in [3.05, 3.63) is 0 Å². The summed E-state index contributed by atoms with van der Waals surface area (Å²) in [6.45, 7) is 3.70. The van der Waals surface area contributed by atoms with Crippen LogP contribution in [0.25, 0.3) is 0 Å². The van der Waals surface area contributed by atoms with Gasteiger partial charge >= 0.3 is 0 Å². The van der Waals surface area contributed by atoms with E-state index >= 15 is 0 Å². The molecular weight excluding hydrogens is 258 g/mol. The number of hydrogen-bond acceptors (Lipinski definition) is 4. The fraction of sp³-hybridized carbons (Fsp3) is 0.929. The van der Waals surface area contributed by atoms with Crippen LogP contribution in [0.5, 0.6) is 0 Å². The van der Waals surface area contributed by atoms with Gasteiger partial charge in [-0.05, 0) is 25.8 Å². The molecule has 5 heteroatoms. The lowest BCUT2D eigenvalue weighted by molar-refractivity contribution is -0.0136. The summed E-state index contributed by atoms with van der Waals surface area (Å²) < 4.78 is 5.76. The summed E-state index contributed by atoms with van der Waals surface area (Å²) >= 11 is 1.91. The molecule has 2 aliphatic heterocycles. The Morgan fingerprint density at radius 1 is 1.42 bits per heavy atom.